The van der Waals surface area contributed by atoms with Crippen LogP contribution in [0, 0.1) is 0 Å². The van der Waals surface area contributed by atoms with Crippen molar-refractivity contribution in [3.63, 3.8) is 0 Å². The van der Waals surface area contributed by atoms with Gasteiger partial charge < -0.3 is 0 Å². The molecular weight excluding hydrogens is 140 g/mol. The predicted octanol–water partition coefficient (Wildman–Crippen LogP) is 0.00570. The molecule has 0 spiro atoms. The molecular formula is C7H12N4. The average molecular weight is 152 g/mol. The van der Waals surface area contributed by atoms with E-state index in [9.17, 15) is 0 Å². The molecule has 0 bridgehead atoms. The van der Waals surface area contributed by atoms with Crippen molar-refractivity contribution in [3.05, 3.63) is 30.3 Å². The second kappa shape index (κ2) is 3.92. The van der Waals surface area contributed by atoms with Crippen LogP contribution in [-0.2, 0) is 0 Å². The summed E-state index contributed by atoms with van der Waals surface area (Å²) in [6.07, 6.45) is 0. The monoisotopic (exact) mass is 152 g/mol. The number of nitrogens with two attached hydrogens (primary N) is 1. The molecule has 0 saturated carbocycles. The van der Waals surface area contributed by atoms with Gasteiger partial charge in [0.05, 0.1) is 5.69 Å². The van der Waals surface area contributed by atoms with E-state index in [2.05, 4.69) is 11.0 Å². The number of hydrazine groups is 3. The van der Waals surface area contributed by atoms with Crippen molar-refractivity contribution in [1.29, 1.82) is 0 Å². The Kier molecular flexibility index (Phi) is 2.85. The van der Waals surface area contributed by atoms with Gasteiger partial charge in [0.1, 0.15) is 0 Å². The van der Waals surface area contributed by atoms with Crippen molar-refractivity contribution in [2.24, 2.45) is 5.84 Å². The highest BCUT2D eigenvalue weighted by Gasteiger charge is 1.94. The molecule has 0 saturated heterocycles. The minimum absolute atomic E-state index is 0.904. The molecule has 0 atom stereocenters. The van der Waals surface area contributed by atoms with Gasteiger partial charge in [0.2, 0.25) is 0 Å². The second-order valence-corrected chi connectivity index (χ2v) is 2.07. The van der Waals surface area contributed by atoms with Crippen LogP contribution < -0.4 is 21.9 Å². The van der Waals surface area contributed by atoms with E-state index < -0.39 is 0 Å². The largest absolute Gasteiger partial charge is 0.242 e. The summed E-state index contributed by atoms with van der Waals surface area (Å²) in [7, 11) is 1.75. The summed E-state index contributed by atoms with van der Waals surface area (Å²) in [5.74, 6) is 5.57. The van der Waals surface area contributed by atoms with E-state index in [-0.39, 0.29) is 0 Å². The van der Waals surface area contributed by atoms with E-state index in [0.717, 1.165) is 5.69 Å². The molecule has 4 heteroatoms. The Morgan fingerprint density at radius 2 is 1.91 bits per heavy atom. The van der Waals surface area contributed by atoms with E-state index in [4.69, 9.17) is 5.84 Å². The molecule has 4 nitrogen and oxygen atoms in total. The highest BCUT2D eigenvalue weighted by atomic mass is 15.8. The lowest BCUT2D eigenvalue weighted by molar-refractivity contribution is 0.561. The van der Waals surface area contributed by atoms with Crippen molar-refractivity contribution >= 4 is 5.69 Å². The topological polar surface area (TPSA) is 53.3 Å². The lowest BCUT2D eigenvalue weighted by Crippen LogP contribution is -2.50. The van der Waals surface area contributed by atoms with Gasteiger partial charge in [-0.1, -0.05) is 18.2 Å². The number of para-hydroxylation sites is 1. The van der Waals surface area contributed by atoms with E-state index in [1.165, 1.54) is 5.12 Å². The summed E-state index contributed by atoms with van der Waals surface area (Å²) in [6.45, 7) is 0. The Bertz CT molecular complexity index is 199. The molecule has 0 unspecified atom stereocenters. The highest BCUT2D eigenvalue weighted by Crippen LogP contribution is 2.05. The van der Waals surface area contributed by atoms with Crippen molar-refractivity contribution < 1.29 is 0 Å². The number of anilines is 1. The highest BCUT2D eigenvalue weighted by molar-refractivity contribution is 5.42. The maximum atomic E-state index is 5.57. The molecule has 0 amide bonds. The zero-order chi connectivity index (χ0) is 8.10. The van der Waals surface area contributed by atoms with Crippen molar-refractivity contribution in [2.45, 2.75) is 0 Å². The predicted molar refractivity (Wildman–Crippen MR) is 45.3 cm³/mol. The van der Waals surface area contributed by atoms with Crippen LogP contribution in [0.15, 0.2) is 30.3 Å². The van der Waals surface area contributed by atoms with E-state index in [1.54, 1.807) is 7.05 Å². The molecule has 0 heterocycles. The second-order valence-electron chi connectivity index (χ2n) is 2.07. The molecule has 1 aromatic carbocycles. The van der Waals surface area contributed by atoms with Gasteiger partial charge in [-0.25, -0.2) is 16.4 Å². The molecule has 0 aromatic heterocycles. The van der Waals surface area contributed by atoms with Crippen LogP contribution in [0.2, 0.25) is 0 Å². The molecule has 0 radical (unpaired) electrons. The fourth-order valence-corrected chi connectivity index (χ4v) is 0.774. The summed E-state index contributed by atoms with van der Waals surface area (Å²) >= 11 is 0. The minimum Gasteiger partial charge on any atom is -0.242 e. The Hall–Kier alpha value is -1.10. The molecule has 0 aliphatic heterocycles. The van der Waals surface area contributed by atoms with Crippen LogP contribution >= 0.6 is 0 Å². The smallest absolute Gasteiger partial charge is 0.0713 e. The first kappa shape index (κ1) is 8.00. The normalized spacial score (nSPS) is 9.64. The fourth-order valence-electron chi connectivity index (χ4n) is 0.774. The molecule has 0 aliphatic rings. The lowest BCUT2D eigenvalue weighted by atomic mass is 10.3. The van der Waals surface area contributed by atoms with E-state index >= 15 is 0 Å². The maximum absolute atomic E-state index is 5.57. The summed E-state index contributed by atoms with van der Waals surface area (Å²) < 4.78 is 0. The number of hydrogen-bond acceptors (Lipinski definition) is 4. The van der Waals surface area contributed by atoms with Gasteiger partial charge in [-0.15, -0.1) is 0 Å². The quantitative estimate of drug-likeness (QED) is 0.422. The average Bonchev–Trinajstić information content (AvgIpc) is 2.07. The number of nitrogens with zero attached hydrogens (tertiary/aromatic N) is 1. The molecule has 0 fully saturated rings. The Morgan fingerprint density at radius 3 is 2.45 bits per heavy atom. The first-order valence-corrected chi connectivity index (χ1v) is 3.37. The van der Waals surface area contributed by atoms with Gasteiger partial charge in [-0.05, 0) is 12.1 Å². The van der Waals surface area contributed by atoms with Gasteiger partial charge in [0.15, 0.2) is 0 Å². The fraction of sp³-hybridized carbons (Fsp3) is 0.143. The Labute approximate surface area is 65.9 Å². The number of rotatable bonds is 3. The van der Waals surface area contributed by atoms with Crippen molar-refractivity contribution in [3.8, 4) is 0 Å². The van der Waals surface area contributed by atoms with Crippen LogP contribution in [0.5, 0.6) is 0 Å². The summed E-state index contributed by atoms with van der Waals surface area (Å²) in [5.41, 5.74) is 6.34. The van der Waals surface area contributed by atoms with Crippen molar-refractivity contribution in [1.82, 2.24) is 11.0 Å². The number of hydrogen-bond donors (Lipinski definition) is 3. The van der Waals surface area contributed by atoms with Gasteiger partial charge in [-0.2, -0.15) is 5.53 Å². The Morgan fingerprint density at radius 1 is 1.27 bits per heavy atom. The molecule has 1 aromatic rings. The Balaban J connectivity index is 2.61. The van der Waals surface area contributed by atoms with Crippen molar-refractivity contribution in [2.75, 3.05) is 12.2 Å². The summed E-state index contributed by atoms with van der Waals surface area (Å²) in [6, 6.07) is 9.60. The van der Waals surface area contributed by atoms with Gasteiger partial charge >= 0.3 is 0 Å². The van der Waals surface area contributed by atoms with Gasteiger partial charge in [0, 0.05) is 7.05 Å². The van der Waals surface area contributed by atoms with E-state index in [1.807, 2.05) is 30.3 Å². The van der Waals surface area contributed by atoms with Crippen LogP contribution in [0.3, 0.4) is 0 Å². The molecule has 11 heavy (non-hydrogen) atoms. The first-order valence-electron chi connectivity index (χ1n) is 3.37. The first-order chi connectivity index (χ1) is 5.34. The zero-order valence-corrected chi connectivity index (χ0v) is 6.41. The minimum atomic E-state index is 0.904. The summed E-state index contributed by atoms with van der Waals surface area (Å²) in [4.78, 5) is 0. The SMILES string of the molecule is CNNN(N)c1ccccc1. The maximum Gasteiger partial charge on any atom is 0.0713 e. The van der Waals surface area contributed by atoms with Crippen LogP contribution in [0.4, 0.5) is 5.69 Å². The summed E-state index contributed by atoms with van der Waals surface area (Å²) in [5, 5.41) is 1.40. The number of benzene rings is 1. The van der Waals surface area contributed by atoms with Crippen LogP contribution in [-0.4, -0.2) is 7.05 Å². The third-order valence-electron chi connectivity index (χ3n) is 1.27. The molecule has 1 rings (SSSR count). The molecule has 60 valence electrons. The third kappa shape index (κ3) is 2.19. The van der Waals surface area contributed by atoms with Crippen LogP contribution in [0.1, 0.15) is 0 Å². The third-order valence-corrected chi connectivity index (χ3v) is 1.27. The molecule has 4 N–H and O–H groups in total. The van der Waals surface area contributed by atoms with Gasteiger partial charge in [0.25, 0.3) is 0 Å². The standard InChI is InChI=1S/C7H12N4/c1-9-10-11(8)7-5-3-2-4-6-7/h2-6,9-10H,8H2,1H3. The lowest BCUT2D eigenvalue weighted by Gasteiger charge is -2.17. The van der Waals surface area contributed by atoms with E-state index in [0.29, 0.717) is 0 Å². The number of nitrogens with one attached hydrogen (secondary N) is 2. The molecule has 0 aliphatic carbocycles. The van der Waals surface area contributed by atoms with Gasteiger partial charge in [-0.3, -0.25) is 0 Å². The zero-order valence-electron chi connectivity index (χ0n) is 6.41. The van der Waals surface area contributed by atoms with Crippen LogP contribution in [0.25, 0.3) is 0 Å².